The van der Waals surface area contributed by atoms with E-state index in [1.807, 2.05) is 0 Å². The average Bonchev–Trinajstić information content (AvgIpc) is 2.90. The minimum Gasteiger partial charge on any atom is -0.479 e. The fraction of sp³-hybridized carbons (Fsp3) is 0.778. The van der Waals surface area contributed by atoms with E-state index in [9.17, 15) is 44.4 Å². The quantitative estimate of drug-likeness (QED) is 0.147. The predicted molar refractivity (Wildman–Crippen MR) is 145 cm³/mol. The van der Waals surface area contributed by atoms with Crippen LogP contribution < -0.4 is 5.32 Å². The van der Waals surface area contributed by atoms with Gasteiger partial charge in [0, 0.05) is 14.1 Å². The Kier molecular flexibility index (Phi) is 12.8. The molecule has 2 amide bonds. The Morgan fingerprint density at radius 3 is 1.40 bits per heavy atom. The van der Waals surface area contributed by atoms with E-state index in [-0.39, 0.29) is 12.8 Å². The van der Waals surface area contributed by atoms with Gasteiger partial charge in [-0.3, -0.25) is 24.0 Å². The SMILES string of the molecule is CC[C@@H](C)[C@](C(=O)[C@](C)(O)C(=O)O)(C(=O)[C@](C(=O)[C@H](C)NC)([C@@H](C)CC)N(C)C(=O)[C@@H](C)O)N(C)C(=O)[C@@H](C)O. The van der Waals surface area contributed by atoms with Crippen LogP contribution in [-0.2, 0) is 28.8 Å². The van der Waals surface area contributed by atoms with Crippen LogP contribution in [0.15, 0.2) is 0 Å². The van der Waals surface area contributed by atoms with Gasteiger partial charge in [-0.05, 0) is 46.6 Å². The summed E-state index contributed by atoms with van der Waals surface area (Å²) in [4.78, 5) is 83.8. The first-order valence-corrected chi connectivity index (χ1v) is 13.3. The minimum absolute atomic E-state index is 0.0367. The highest BCUT2D eigenvalue weighted by molar-refractivity contribution is 6.30. The first-order chi connectivity index (χ1) is 18.1. The molecular formula is C27H47N3O10. The van der Waals surface area contributed by atoms with Crippen molar-refractivity contribution in [2.45, 2.75) is 103 Å². The number of hydrogen-bond acceptors (Lipinski definition) is 10. The number of carbonyl (C=O) groups excluding carboxylic acids is 5. The Hall–Kier alpha value is -2.74. The molecule has 0 aliphatic rings. The first-order valence-electron chi connectivity index (χ1n) is 13.3. The summed E-state index contributed by atoms with van der Waals surface area (Å²) in [6, 6.07) is -1.11. The summed E-state index contributed by atoms with van der Waals surface area (Å²) < 4.78 is 0. The Balaban J connectivity index is 8.54. The third-order valence-electron chi connectivity index (χ3n) is 8.18. The molecule has 0 unspecified atom stereocenters. The molecule has 0 saturated heterocycles. The van der Waals surface area contributed by atoms with Gasteiger partial charge in [0.25, 0.3) is 11.8 Å². The van der Waals surface area contributed by atoms with Gasteiger partial charge in [-0.1, -0.05) is 40.5 Å². The number of amides is 2. The number of aliphatic hydroxyl groups excluding tert-OH is 2. The third kappa shape index (κ3) is 5.97. The van der Waals surface area contributed by atoms with E-state index < -0.39 is 81.9 Å². The van der Waals surface area contributed by atoms with Gasteiger partial charge in [0.05, 0.1) is 6.04 Å². The van der Waals surface area contributed by atoms with Crippen LogP contribution in [0.2, 0.25) is 0 Å². The Bertz CT molecular complexity index is 995. The summed E-state index contributed by atoms with van der Waals surface area (Å²) >= 11 is 0. The number of aliphatic hydroxyl groups is 3. The molecule has 0 bridgehead atoms. The summed E-state index contributed by atoms with van der Waals surface area (Å²) in [7, 11) is 3.53. The van der Waals surface area contributed by atoms with Crippen molar-refractivity contribution in [3.63, 3.8) is 0 Å². The van der Waals surface area contributed by atoms with Crippen molar-refractivity contribution < 1.29 is 49.2 Å². The third-order valence-corrected chi connectivity index (χ3v) is 8.18. The Morgan fingerprint density at radius 1 is 0.750 bits per heavy atom. The zero-order valence-corrected chi connectivity index (χ0v) is 25.4. The van der Waals surface area contributed by atoms with E-state index in [4.69, 9.17) is 0 Å². The lowest BCUT2D eigenvalue weighted by atomic mass is 9.60. The summed E-state index contributed by atoms with van der Waals surface area (Å²) in [6.45, 7) is 10.3. The summed E-state index contributed by atoms with van der Waals surface area (Å²) in [6.07, 6.45) is -3.41. The fourth-order valence-corrected chi connectivity index (χ4v) is 5.13. The molecule has 8 atom stereocenters. The molecule has 40 heavy (non-hydrogen) atoms. The largest absolute Gasteiger partial charge is 0.479 e. The summed E-state index contributed by atoms with van der Waals surface area (Å²) in [5, 5.41) is 43.8. The van der Waals surface area contributed by atoms with Gasteiger partial charge in [0.2, 0.25) is 11.4 Å². The van der Waals surface area contributed by atoms with Crippen molar-refractivity contribution in [1.29, 1.82) is 0 Å². The number of carboxylic acid groups (broad SMARTS) is 1. The van der Waals surface area contributed by atoms with Crippen LogP contribution >= 0.6 is 0 Å². The second kappa shape index (κ2) is 13.7. The monoisotopic (exact) mass is 573 g/mol. The molecule has 13 nitrogen and oxygen atoms in total. The molecule has 0 heterocycles. The van der Waals surface area contributed by atoms with Crippen LogP contribution in [0.25, 0.3) is 0 Å². The second-order valence-corrected chi connectivity index (χ2v) is 10.7. The number of nitrogens with zero attached hydrogens (tertiary/aromatic N) is 2. The van der Waals surface area contributed by atoms with E-state index in [0.29, 0.717) is 11.8 Å². The van der Waals surface area contributed by atoms with Crippen molar-refractivity contribution in [3.8, 4) is 0 Å². The van der Waals surface area contributed by atoms with Crippen molar-refractivity contribution in [3.05, 3.63) is 0 Å². The Morgan fingerprint density at radius 2 is 1.10 bits per heavy atom. The maximum absolute atomic E-state index is 15.3. The van der Waals surface area contributed by atoms with Gasteiger partial charge in [-0.15, -0.1) is 0 Å². The maximum atomic E-state index is 15.3. The molecule has 13 heteroatoms. The lowest BCUT2D eigenvalue weighted by Gasteiger charge is -2.53. The topological polar surface area (TPSA) is 202 Å². The van der Waals surface area contributed by atoms with Crippen molar-refractivity contribution in [2.24, 2.45) is 11.8 Å². The molecule has 0 aromatic heterocycles. The van der Waals surface area contributed by atoms with E-state index in [1.54, 1.807) is 13.8 Å². The number of nitrogens with one attached hydrogen (secondary N) is 1. The number of carbonyl (C=O) groups is 6. The predicted octanol–water partition coefficient (Wildman–Crippen LogP) is -0.615. The molecule has 0 fully saturated rings. The number of Topliss-reactive ketones (excluding diaryl/α,β-unsaturated/α-hetero) is 3. The molecule has 5 N–H and O–H groups in total. The highest BCUT2D eigenvalue weighted by atomic mass is 16.4. The van der Waals surface area contributed by atoms with Gasteiger partial charge >= 0.3 is 5.97 Å². The van der Waals surface area contributed by atoms with Crippen LogP contribution in [0.3, 0.4) is 0 Å². The molecular weight excluding hydrogens is 526 g/mol. The van der Waals surface area contributed by atoms with Crippen LogP contribution in [0.4, 0.5) is 0 Å². The number of aliphatic carboxylic acids is 1. The van der Waals surface area contributed by atoms with Gasteiger partial charge in [0.15, 0.2) is 22.6 Å². The Labute approximate surface area is 235 Å². The normalized spacial score (nSPS) is 19.9. The number of ketones is 3. The lowest BCUT2D eigenvalue weighted by Crippen LogP contribution is -2.80. The van der Waals surface area contributed by atoms with Crippen molar-refractivity contribution in [2.75, 3.05) is 21.1 Å². The first kappa shape index (κ1) is 37.3. The van der Waals surface area contributed by atoms with Crippen LogP contribution in [-0.4, -0.2) is 121 Å². The van der Waals surface area contributed by atoms with Gasteiger partial charge in [-0.25, -0.2) is 4.79 Å². The van der Waals surface area contributed by atoms with E-state index >= 15 is 4.79 Å². The van der Waals surface area contributed by atoms with Crippen LogP contribution in [0, 0.1) is 11.8 Å². The molecule has 0 aromatic rings. The highest BCUT2D eigenvalue weighted by Crippen LogP contribution is 2.42. The standard InChI is InChI=1S/C27H47N3O10/c1-12-14(3)26(19(33)16(5)28-9,29(10)20(34)17(6)31)23(37)27(15(4)13-2,30(11)21(35)18(7)32)22(36)25(8,40)24(38)39/h14-18,28,31-32,40H,12-13H2,1-11H3,(H,38,39)/t14-,15+,16-,17+,18+,25-,26+,27-/m0/s1. The van der Waals surface area contributed by atoms with Gasteiger partial charge in [0.1, 0.15) is 12.2 Å². The number of likely N-dealkylation sites (N-methyl/N-ethyl adjacent to an activating group) is 3. The van der Waals surface area contributed by atoms with Crippen LogP contribution in [0.5, 0.6) is 0 Å². The molecule has 0 aliphatic heterocycles. The van der Waals surface area contributed by atoms with Gasteiger partial charge < -0.3 is 35.5 Å². The lowest BCUT2D eigenvalue weighted by molar-refractivity contribution is -0.182. The fourth-order valence-electron chi connectivity index (χ4n) is 5.13. The van der Waals surface area contributed by atoms with E-state index in [2.05, 4.69) is 5.32 Å². The molecule has 0 rings (SSSR count). The molecule has 0 aliphatic carbocycles. The highest BCUT2D eigenvalue weighted by Gasteiger charge is 2.69. The second-order valence-electron chi connectivity index (χ2n) is 10.7. The maximum Gasteiger partial charge on any atom is 0.343 e. The van der Waals surface area contributed by atoms with E-state index in [1.165, 1.54) is 27.8 Å². The minimum atomic E-state index is -3.24. The summed E-state index contributed by atoms with van der Waals surface area (Å²) in [5.41, 5.74) is -8.66. The molecule has 0 saturated carbocycles. The summed E-state index contributed by atoms with van der Waals surface area (Å²) in [5.74, 6) is -10.4. The smallest absolute Gasteiger partial charge is 0.343 e. The van der Waals surface area contributed by atoms with Gasteiger partial charge in [-0.2, -0.15) is 0 Å². The molecule has 0 radical (unpaired) electrons. The van der Waals surface area contributed by atoms with E-state index in [0.717, 1.165) is 32.8 Å². The zero-order valence-electron chi connectivity index (χ0n) is 25.4. The number of carboxylic acids is 1. The van der Waals surface area contributed by atoms with Crippen molar-refractivity contribution >= 4 is 35.1 Å². The average molecular weight is 574 g/mol. The number of hydrogen-bond donors (Lipinski definition) is 5. The zero-order chi connectivity index (χ0) is 32.1. The molecule has 0 aromatic carbocycles. The number of rotatable bonds is 16. The van der Waals surface area contributed by atoms with Crippen LogP contribution in [0.1, 0.15) is 68.2 Å². The molecule has 0 spiro atoms. The van der Waals surface area contributed by atoms with Crippen molar-refractivity contribution in [1.82, 2.24) is 15.1 Å². The molecule has 230 valence electrons.